The molecule has 0 fully saturated rings. The normalized spacial score (nSPS) is 12.8. The maximum Gasteiger partial charge on any atom is 0.279 e. The van der Waals surface area contributed by atoms with Crippen LogP contribution in [0.2, 0.25) is 5.02 Å². The van der Waals surface area contributed by atoms with Crippen LogP contribution in [0.1, 0.15) is 42.6 Å². The number of amides is 1. The van der Waals surface area contributed by atoms with Gasteiger partial charge in [-0.15, -0.1) is 0 Å². The molecule has 1 aromatic heterocycles. The molecule has 0 radical (unpaired) electrons. The van der Waals surface area contributed by atoms with Crippen LogP contribution in [-0.2, 0) is 16.6 Å². The maximum atomic E-state index is 12.8. The topological polar surface area (TPSA) is 71.7 Å². The lowest BCUT2D eigenvalue weighted by Gasteiger charge is -2.16. The Balaban J connectivity index is 1.94. The number of hydrogen-bond donors (Lipinski definition) is 0. The number of hydrogen-bond acceptors (Lipinski definition) is 4. The van der Waals surface area contributed by atoms with Crippen LogP contribution in [0.3, 0.4) is 0 Å². The molecule has 0 atom stereocenters. The van der Waals surface area contributed by atoms with Crippen LogP contribution < -0.4 is 4.80 Å². The third kappa shape index (κ3) is 4.77. The van der Waals surface area contributed by atoms with Crippen LogP contribution in [0, 0.1) is 6.92 Å². The molecule has 1 heterocycles. The maximum absolute atomic E-state index is 12.8. The van der Waals surface area contributed by atoms with Crippen molar-refractivity contribution in [1.82, 2.24) is 8.87 Å². The number of aromatic nitrogens is 1. The molecule has 0 saturated heterocycles. The fourth-order valence-corrected chi connectivity index (χ4v) is 5.81. The molecule has 2 aromatic carbocycles. The molecule has 0 unspecified atom stereocenters. The second-order valence-corrected chi connectivity index (χ2v) is 10.7. The SMILES string of the molecule is CCCCN(C)S(=O)(=O)c1ccc(C(=O)N=c2sc3ccc(Cl)c(C)c3n2CC)cc1. The van der Waals surface area contributed by atoms with E-state index < -0.39 is 15.9 Å². The molecular weight excluding hydrogens is 454 g/mol. The average molecular weight is 480 g/mol. The summed E-state index contributed by atoms with van der Waals surface area (Å²) in [4.78, 5) is 17.9. The molecule has 0 aliphatic rings. The van der Waals surface area contributed by atoms with E-state index in [1.54, 1.807) is 7.05 Å². The van der Waals surface area contributed by atoms with Gasteiger partial charge in [-0.1, -0.05) is 36.3 Å². The number of aryl methyl sites for hydroxylation is 2. The zero-order valence-electron chi connectivity index (χ0n) is 18.1. The second kappa shape index (κ2) is 9.65. The molecule has 0 saturated carbocycles. The smallest absolute Gasteiger partial charge is 0.279 e. The van der Waals surface area contributed by atoms with Crippen molar-refractivity contribution in [3.8, 4) is 0 Å². The van der Waals surface area contributed by atoms with Crippen molar-refractivity contribution in [2.75, 3.05) is 13.6 Å². The molecule has 3 rings (SSSR count). The van der Waals surface area contributed by atoms with Crippen molar-refractivity contribution < 1.29 is 13.2 Å². The minimum Gasteiger partial charge on any atom is -0.316 e. The van der Waals surface area contributed by atoms with E-state index in [1.807, 2.05) is 37.5 Å². The van der Waals surface area contributed by atoms with Crippen LogP contribution in [0.5, 0.6) is 0 Å². The summed E-state index contributed by atoms with van der Waals surface area (Å²) in [6, 6.07) is 9.72. The molecule has 0 bridgehead atoms. The highest BCUT2D eigenvalue weighted by Crippen LogP contribution is 2.27. The molecule has 166 valence electrons. The highest BCUT2D eigenvalue weighted by atomic mass is 35.5. The van der Waals surface area contributed by atoms with E-state index in [4.69, 9.17) is 11.6 Å². The first-order valence-corrected chi connectivity index (χ1v) is 12.8. The van der Waals surface area contributed by atoms with Crippen LogP contribution in [-0.4, -0.2) is 36.8 Å². The first kappa shape index (κ1) is 23.7. The first-order chi connectivity index (χ1) is 14.7. The van der Waals surface area contributed by atoms with Gasteiger partial charge >= 0.3 is 0 Å². The van der Waals surface area contributed by atoms with Crippen molar-refractivity contribution >= 4 is 49.1 Å². The van der Waals surface area contributed by atoms with Crippen molar-refractivity contribution in [1.29, 1.82) is 0 Å². The molecule has 6 nitrogen and oxygen atoms in total. The fraction of sp³-hybridized carbons (Fsp3) is 0.364. The van der Waals surface area contributed by atoms with E-state index in [9.17, 15) is 13.2 Å². The van der Waals surface area contributed by atoms with Gasteiger partial charge in [0.15, 0.2) is 4.80 Å². The number of carbonyl (C=O) groups excluding carboxylic acids is 1. The average Bonchev–Trinajstić information content (AvgIpc) is 3.12. The van der Waals surface area contributed by atoms with Gasteiger partial charge in [-0.05, 0) is 62.2 Å². The summed E-state index contributed by atoms with van der Waals surface area (Å²) in [5, 5.41) is 0.672. The Hall–Kier alpha value is -2.00. The number of halogens is 1. The van der Waals surface area contributed by atoms with Gasteiger partial charge in [-0.3, -0.25) is 4.79 Å². The van der Waals surface area contributed by atoms with Gasteiger partial charge in [-0.25, -0.2) is 12.7 Å². The minimum absolute atomic E-state index is 0.165. The third-order valence-corrected chi connectivity index (χ3v) is 8.50. The van der Waals surface area contributed by atoms with E-state index in [1.165, 1.54) is 39.9 Å². The third-order valence-electron chi connectivity index (χ3n) is 5.18. The van der Waals surface area contributed by atoms with Gasteiger partial charge in [0.25, 0.3) is 5.91 Å². The lowest BCUT2D eigenvalue weighted by molar-refractivity contribution is 0.0997. The van der Waals surface area contributed by atoms with E-state index in [0.717, 1.165) is 28.6 Å². The summed E-state index contributed by atoms with van der Waals surface area (Å²) < 4.78 is 29.6. The van der Waals surface area contributed by atoms with Gasteiger partial charge in [0.1, 0.15) is 0 Å². The fourth-order valence-electron chi connectivity index (χ4n) is 3.30. The number of carbonyl (C=O) groups is 1. The van der Waals surface area contributed by atoms with Gasteiger partial charge in [0.05, 0.1) is 15.1 Å². The van der Waals surface area contributed by atoms with Crippen molar-refractivity contribution in [2.45, 2.75) is 45.1 Å². The Kier molecular flexibility index (Phi) is 7.36. The highest BCUT2D eigenvalue weighted by Gasteiger charge is 2.20. The Morgan fingerprint density at radius 1 is 1.16 bits per heavy atom. The number of rotatable bonds is 7. The Morgan fingerprint density at radius 2 is 1.84 bits per heavy atom. The van der Waals surface area contributed by atoms with Gasteiger partial charge in [0.2, 0.25) is 10.0 Å². The van der Waals surface area contributed by atoms with E-state index in [2.05, 4.69) is 4.99 Å². The summed E-state index contributed by atoms with van der Waals surface area (Å²) in [5.74, 6) is -0.416. The number of unbranched alkanes of at least 4 members (excludes halogenated alkanes) is 1. The van der Waals surface area contributed by atoms with Crippen molar-refractivity contribution in [3.05, 3.63) is 57.3 Å². The van der Waals surface area contributed by atoms with Gasteiger partial charge in [0, 0.05) is 30.7 Å². The first-order valence-electron chi connectivity index (χ1n) is 10.1. The number of fused-ring (bicyclic) bond motifs is 1. The lowest BCUT2D eigenvalue weighted by atomic mass is 10.2. The molecule has 1 amide bonds. The number of nitrogens with zero attached hydrogens (tertiary/aromatic N) is 3. The zero-order valence-corrected chi connectivity index (χ0v) is 20.4. The van der Waals surface area contributed by atoms with Crippen LogP contribution in [0.4, 0.5) is 0 Å². The molecule has 3 aromatic rings. The quantitative estimate of drug-likeness (QED) is 0.486. The largest absolute Gasteiger partial charge is 0.316 e. The predicted molar refractivity (Wildman–Crippen MR) is 126 cm³/mol. The lowest BCUT2D eigenvalue weighted by Crippen LogP contribution is -2.27. The molecule has 0 spiro atoms. The summed E-state index contributed by atoms with van der Waals surface area (Å²) in [6.45, 7) is 7.06. The minimum atomic E-state index is -3.57. The van der Waals surface area contributed by atoms with E-state index >= 15 is 0 Å². The summed E-state index contributed by atoms with van der Waals surface area (Å²) >= 11 is 7.70. The summed E-state index contributed by atoms with van der Waals surface area (Å²) in [5.41, 5.74) is 2.26. The highest BCUT2D eigenvalue weighted by molar-refractivity contribution is 7.89. The van der Waals surface area contributed by atoms with Crippen LogP contribution in [0.15, 0.2) is 46.3 Å². The van der Waals surface area contributed by atoms with Gasteiger partial charge < -0.3 is 4.57 Å². The van der Waals surface area contributed by atoms with Crippen LogP contribution >= 0.6 is 22.9 Å². The molecule has 0 aliphatic heterocycles. The van der Waals surface area contributed by atoms with E-state index in [-0.39, 0.29) is 4.90 Å². The summed E-state index contributed by atoms with van der Waals surface area (Å²) in [7, 11) is -2.00. The summed E-state index contributed by atoms with van der Waals surface area (Å²) in [6.07, 6.45) is 1.71. The number of sulfonamides is 1. The van der Waals surface area contributed by atoms with Crippen LogP contribution in [0.25, 0.3) is 10.2 Å². The monoisotopic (exact) mass is 479 g/mol. The Bertz CT molecular complexity index is 1280. The molecule has 0 aliphatic carbocycles. The Labute approximate surface area is 191 Å². The zero-order chi connectivity index (χ0) is 22.8. The molecule has 31 heavy (non-hydrogen) atoms. The number of benzene rings is 2. The molecule has 0 N–H and O–H groups in total. The molecular formula is C22H26ClN3O3S2. The number of thiazole rings is 1. The Morgan fingerprint density at radius 3 is 2.45 bits per heavy atom. The predicted octanol–water partition coefficient (Wildman–Crippen LogP) is 4.85. The standard InChI is InChI=1S/C22H26ClN3O3S2/c1-5-7-14-25(4)31(28,29)17-10-8-16(9-11-17)21(27)24-22-26(6-2)20-15(3)18(23)12-13-19(20)30-22/h8-13H,5-7,14H2,1-4H3. The second-order valence-electron chi connectivity index (χ2n) is 7.27. The van der Waals surface area contributed by atoms with Crippen molar-refractivity contribution in [3.63, 3.8) is 0 Å². The van der Waals surface area contributed by atoms with Crippen molar-refractivity contribution in [2.24, 2.45) is 4.99 Å². The molecule has 9 heteroatoms. The van der Waals surface area contributed by atoms with E-state index in [0.29, 0.717) is 28.5 Å². The van der Waals surface area contributed by atoms with Gasteiger partial charge in [-0.2, -0.15) is 4.99 Å².